The van der Waals surface area contributed by atoms with Gasteiger partial charge < -0.3 is 15.0 Å². The van der Waals surface area contributed by atoms with Crippen LogP contribution in [0.1, 0.15) is 31.4 Å². The molecule has 1 N–H and O–H groups in total. The lowest BCUT2D eigenvalue weighted by atomic mass is 10.0. The number of nitrogens with one attached hydrogen (secondary N) is 1. The van der Waals surface area contributed by atoms with Crippen molar-refractivity contribution in [3.05, 3.63) is 95.0 Å². The fraction of sp³-hybridized carbons (Fsp3) is 0.333. The van der Waals surface area contributed by atoms with Crippen molar-refractivity contribution in [2.75, 3.05) is 24.2 Å². The van der Waals surface area contributed by atoms with E-state index in [1.165, 1.54) is 18.1 Å². The molecule has 0 heterocycles. The SMILES string of the molecule is CCC(C)NC(=O)C(Cc1ccccc1)N(Cc1ccccc1)C(=O)CN(c1cc(Cl)ccc1OC)S(C)(=O)=O. The van der Waals surface area contributed by atoms with Gasteiger partial charge in [0.2, 0.25) is 21.8 Å². The number of nitrogens with zero attached hydrogens (tertiary/aromatic N) is 2. The molecular weight excluding hydrogens is 550 g/mol. The highest BCUT2D eigenvalue weighted by Gasteiger charge is 2.34. The average Bonchev–Trinajstić information content (AvgIpc) is 2.93. The summed E-state index contributed by atoms with van der Waals surface area (Å²) in [5, 5.41) is 3.29. The van der Waals surface area contributed by atoms with Crippen LogP contribution in [0.4, 0.5) is 5.69 Å². The van der Waals surface area contributed by atoms with E-state index in [9.17, 15) is 18.0 Å². The highest BCUT2D eigenvalue weighted by Crippen LogP contribution is 2.33. The molecular formula is C30H36ClN3O5S. The van der Waals surface area contributed by atoms with E-state index >= 15 is 0 Å². The molecule has 0 aliphatic carbocycles. The van der Waals surface area contributed by atoms with E-state index in [1.54, 1.807) is 12.1 Å². The Morgan fingerprint density at radius 1 is 0.975 bits per heavy atom. The molecule has 0 saturated heterocycles. The second-order valence-corrected chi connectivity index (χ2v) is 12.0. The van der Waals surface area contributed by atoms with Crippen LogP contribution in [-0.2, 0) is 32.6 Å². The summed E-state index contributed by atoms with van der Waals surface area (Å²) in [6, 6.07) is 22.3. The van der Waals surface area contributed by atoms with Crippen LogP contribution in [0.5, 0.6) is 5.75 Å². The number of ether oxygens (including phenoxy) is 1. The fourth-order valence-corrected chi connectivity index (χ4v) is 5.24. The summed E-state index contributed by atoms with van der Waals surface area (Å²) < 4.78 is 32.3. The van der Waals surface area contributed by atoms with Crippen molar-refractivity contribution in [2.24, 2.45) is 0 Å². The lowest BCUT2D eigenvalue weighted by Crippen LogP contribution is -2.54. The van der Waals surface area contributed by atoms with Crippen LogP contribution in [0, 0.1) is 0 Å². The molecule has 0 aromatic heterocycles. The van der Waals surface area contributed by atoms with E-state index in [2.05, 4.69) is 5.32 Å². The van der Waals surface area contributed by atoms with Gasteiger partial charge in [0.1, 0.15) is 18.3 Å². The van der Waals surface area contributed by atoms with Crippen LogP contribution in [0.25, 0.3) is 0 Å². The Labute approximate surface area is 241 Å². The fourth-order valence-electron chi connectivity index (χ4n) is 4.23. The van der Waals surface area contributed by atoms with Gasteiger partial charge in [-0.05, 0) is 42.7 Å². The minimum absolute atomic E-state index is 0.107. The minimum atomic E-state index is -3.95. The third-order valence-corrected chi connectivity index (χ3v) is 7.92. The summed E-state index contributed by atoms with van der Waals surface area (Å²) in [5.41, 5.74) is 1.81. The molecule has 8 nitrogen and oxygen atoms in total. The first-order chi connectivity index (χ1) is 19.0. The van der Waals surface area contributed by atoms with Crippen molar-refractivity contribution in [1.82, 2.24) is 10.2 Å². The van der Waals surface area contributed by atoms with Crippen molar-refractivity contribution >= 4 is 39.1 Å². The Kier molecular flexibility index (Phi) is 11.0. The molecule has 214 valence electrons. The molecule has 10 heteroatoms. The Balaban J connectivity index is 2.08. The van der Waals surface area contributed by atoms with Gasteiger partial charge in [-0.3, -0.25) is 13.9 Å². The summed E-state index contributed by atoms with van der Waals surface area (Å²) in [7, 11) is -2.54. The first-order valence-corrected chi connectivity index (χ1v) is 15.2. The van der Waals surface area contributed by atoms with E-state index in [-0.39, 0.29) is 41.4 Å². The van der Waals surface area contributed by atoms with Crippen molar-refractivity contribution in [3.63, 3.8) is 0 Å². The molecule has 0 saturated carbocycles. The molecule has 2 unspecified atom stereocenters. The van der Waals surface area contributed by atoms with Crippen molar-refractivity contribution in [1.29, 1.82) is 0 Å². The predicted molar refractivity (Wildman–Crippen MR) is 159 cm³/mol. The summed E-state index contributed by atoms with van der Waals surface area (Å²) in [5.74, 6) is -0.613. The van der Waals surface area contributed by atoms with Crippen LogP contribution in [0.2, 0.25) is 5.02 Å². The molecule has 3 aromatic rings. The molecule has 0 aliphatic heterocycles. The van der Waals surface area contributed by atoms with Gasteiger partial charge in [0, 0.05) is 24.0 Å². The number of halogens is 1. The number of carbonyl (C=O) groups is 2. The van der Waals surface area contributed by atoms with Crippen LogP contribution in [-0.4, -0.2) is 57.1 Å². The van der Waals surface area contributed by atoms with Crippen molar-refractivity contribution in [3.8, 4) is 5.75 Å². The number of rotatable bonds is 13. The molecule has 3 aromatic carbocycles. The summed E-state index contributed by atoms with van der Waals surface area (Å²) >= 11 is 6.19. The largest absolute Gasteiger partial charge is 0.495 e. The van der Waals surface area contributed by atoms with Crippen LogP contribution in [0.15, 0.2) is 78.9 Å². The molecule has 0 fully saturated rings. The van der Waals surface area contributed by atoms with E-state index in [1.807, 2.05) is 74.5 Å². The van der Waals surface area contributed by atoms with Gasteiger partial charge in [-0.2, -0.15) is 0 Å². The Bertz CT molecular complexity index is 1390. The van der Waals surface area contributed by atoms with E-state index < -0.39 is 28.5 Å². The third kappa shape index (κ3) is 8.47. The van der Waals surface area contributed by atoms with Gasteiger partial charge >= 0.3 is 0 Å². The quantitative estimate of drug-likeness (QED) is 0.314. The zero-order chi connectivity index (χ0) is 29.3. The summed E-state index contributed by atoms with van der Waals surface area (Å²) in [6.45, 7) is 3.42. The number of hydrogen-bond donors (Lipinski definition) is 1. The molecule has 2 atom stereocenters. The van der Waals surface area contributed by atoms with Crippen LogP contribution >= 0.6 is 11.6 Å². The van der Waals surface area contributed by atoms with E-state index in [4.69, 9.17) is 16.3 Å². The molecule has 40 heavy (non-hydrogen) atoms. The molecule has 0 spiro atoms. The maximum atomic E-state index is 14.1. The van der Waals surface area contributed by atoms with Gasteiger partial charge in [-0.1, -0.05) is 79.2 Å². The average molecular weight is 586 g/mol. The monoisotopic (exact) mass is 585 g/mol. The topological polar surface area (TPSA) is 96.0 Å². The standard InChI is InChI=1S/C30H36ClN3O5S/c1-5-22(2)32-30(36)27(18-23-12-8-6-9-13-23)33(20-24-14-10-7-11-15-24)29(35)21-34(40(4,37)38)26-19-25(31)16-17-28(26)39-3/h6-17,19,22,27H,5,18,20-21H2,1-4H3,(H,32,36). The Morgan fingerprint density at radius 2 is 1.57 bits per heavy atom. The maximum Gasteiger partial charge on any atom is 0.244 e. The first kappa shape index (κ1) is 31.0. The van der Waals surface area contributed by atoms with Gasteiger partial charge in [-0.25, -0.2) is 8.42 Å². The normalized spacial score (nSPS) is 12.7. The van der Waals surface area contributed by atoms with E-state index in [0.717, 1.165) is 21.7 Å². The summed E-state index contributed by atoms with van der Waals surface area (Å²) in [6.07, 6.45) is 1.98. The second-order valence-electron chi connectivity index (χ2n) is 9.62. The highest BCUT2D eigenvalue weighted by molar-refractivity contribution is 7.92. The van der Waals surface area contributed by atoms with Crippen LogP contribution in [0.3, 0.4) is 0 Å². The van der Waals surface area contributed by atoms with Crippen LogP contribution < -0.4 is 14.4 Å². The number of hydrogen-bond acceptors (Lipinski definition) is 5. The minimum Gasteiger partial charge on any atom is -0.495 e. The van der Waals surface area contributed by atoms with Gasteiger partial charge in [0.05, 0.1) is 19.1 Å². The molecule has 0 radical (unpaired) electrons. The van der Waals surface area contributed by atoms with E-state index in [0.29, 0.717) is 6.42 Å². The smallest absolute Gasteiger partial charge is 0.244 e. The lowest BCUT2D eigenvalue weighted by Gasteiger charge is -2.34. The van der Waals surface area contributed by atoms with Gasteiger partial charge in [0.25, 0.3) is 0 Å². The highest BCUT2D eigenvalue weighted by atomic mass is 35.5. The summed E-state index contributed by atoms with van der Waals surface area (Å²) in [4.78, 5) is 29.3. The molecule has 2 amide bonds. The second kappa shape index (κ2) is 14.2. The number of methoxy groups -OCH3 is 1. The Hall–Kier alpha value is -3.56. The zero-order valence-electron chi connectivity index (χ0n) is 23.2. The lowest BCUT2D eigenvalue weighted by molar-refractivity contribution is -0.140. The first-order valence-electron chi connectivity index (χ1n) is 13.0. The number of amides is 2. The maximum absolute atomic E-state index is 14.1. The number of anilines is 1. The van der Waals surface area contributed by atoms with Gasteiger partial charge in [-0.15, -0.1) is 0 Å². The van der Waals surface area contributed by atoms with Gasteiger partial charge in [0.15, 0.2) is 0 Å². The van der Waals surface area contributed by atoms with Crippen molar-refractivity contribution in [2.45, 2.75) is 45.3 Å². The number of sulfonamides is 1. The molecule has 0 aliphatic rings. The number of carbonyl (C=O) groups excluding carboxylic acids is 2. The zero-order valence-corrected chi connectivity index (χ0v) is 24.8. The Morgan fingerprint density at radius 3 is 2.12 bits per heavy atom. The third-order valence-electron chi connectivity index (χ3n) is 6.56. The molecule has 0 bridgehead atoms. The number of benzene rings is 3. The molecule has 3 rings (SSSR count). The predicted octanol–water partition coefficient (Wildman–Crippen LogP) is 4.67. The van der Waals surface area contributed by atoms with Crippen molar-refractivity contribution < 1.29 is 22.7 Å².